The SMILES string of the molecule is CCCN(Cc1ccccc1)Cc1ccc(N)cc1.CCN(Cc1ccccc1)Cc1ccc(N)cc1. The molecule has 4 heteroatoms. The van der Waals surface area contributed by atoms with Gasteiger partial charge in [-0.1, -0.05) is 98.8 Å². The lowest BCUT2D eigenvalue weighted by Gasteiger charge is -2.22. The molecule has 0 spiro atoms. The van der Waals surface area contributed by atoms with Gasteiger partial charge in [-0.05, 0) is 66.0 Å². The van der Waals surface area contributed by atoms with E-state index in [-0.39, 0.29) is 0 Å². The second-order valence-corrected chi connectivity index (χ2v) is 9.47. The highest BCUT2D eigenvalue weighted by Gasteiger charge is 2.06. The van der Waals surface area contributed by atoms with Crippen molar-refractivity contribution in [2.24, 2.45) is 0 Å². The maximum Gasteiger partial charge on any atom is 0.0314 e. The van der Waals surface area contributed by atoms with Crippen molar-refractivity contribution in [2.45, 2.75) is 46.4 Å². The van der Waals surface area contributed by atoms with Crippen LogP contribution in [0.15, 0.2) is 109 Å². The molecule has 37 heavy (non-hydrogen) atoms. The number of hydrogen-bond donors (Lipinski definition) is 2. The fourth-order valence-electron chi connectivity index (χ4n) is 4.26. The molecule has 0 unspecified atom stereocenters. The molecule has 0 radical (unpaired) electrons. The van der Waals surface area contributed by atoms with Crippen molar-refractivity contribution in [3.8, 4) is 0 Å². The van der Waals surface area contributed by atoms with E-state index in [4.69, 9.17) is 11.5 Å². The van der Waals surface area contributed by atoms with Gasteiger partial charge in [0.25, 0.3) is 0 Å². The van der Waals surface area contributed by atoms with Crippen molar-refractivity contribution in [3.05, 3.63) is 131 Å². The molecule has 0 saturated heterocycles. The number of benzene rings is 4. The normalized spacial score (nSPS) is 10.8. The molecule has 194 valence electrons. The molecule has 4 N–H and O–H groups in total. The Morgan fingerprint density at radius 3 is 1.16 bits per heavy atom. The molecule has 4 aromatic carbocycles. The Morgan fingerprint density at radius 1 is 0.459 bits per heavy atom. The van der Waals surface area contributed by atoms with Gasteiger partial charge in [-0.3, -0.25) is 9.80 Å². The van der Waals surface area contributed by atoms with Gasteiger partial charge >= 0.3 is 0 Å². The highest BCUT2D eigenvalue weighted by atomic mass is 15.1. The number of rotatable bonds is 11. The van der Waals surface area contributed by atoms with Gasteiger partial charge in [0.15, 0.2) is 0 Å². The Balaban J connectivity index is 0.000000206. The minimum atomic E-state index is 0.824. The second kappa shape index (κ2) is 15.5. The third-order valence-electron chi connectivity index (χ3n) is 6.26. The van der Waals surface area contributed by atoms with Gasteiger partial charge in [-0.25, -0.2) is 0 Å². The van der Waals surface area contributed by atoms with Gasteiger partial charge < -0.3 is 11.5 Å². The number of nitrogens with zero attached hydrogens (tertiary/aromatic N) is 2. The maximum absolute atomic E-state index is 5.73. The molecule has 0 fully saturated rings. The maximum atomic E-state index is 5.73. The molecular weight excluding hydrogens is 452 g/mol. The lowest BCUT2D eigenvalue weighted by atomic mass is 10.1. The fourth-order valence-corrected chi connectivity index (χ4v) is 4.26. The van der Waals surface area contributed by atoms with E-state index in [1.54, 1.807) is 0 Å². The summed E-state index contributed by atoms with van der Waals surface area (Å²) in [4.78, 5) is 4.89. The molecule has 0 bridgehead atoms. The first-order valence-corrected chi connectivity index (χ1v) is 13.3. The van der Waals surface area contributed by atoms with Crippen LogP contribution >= 0.6 is 0 Å². The van der Waals surface area contributed by atoms with E-state index < -0.39 is 0 Å². The molecule has 0 saturated carbocycles. The zero-order valence-corrected chi connectivity index (χ0v) is 22.4. The van der Waals surface area contributed by atoms with Gasteiger partial charge in [-0.2, -0.15) is 0 Å². The predicted molar refractivity (Wildman–Crippen MR) is 159 cm³/mol. The van der Waals surface area contributed by atoms with Crippen LogP contribution in [0.3, 0.4) is 0 Å². The van der Waals surface area contributed by atoms with E-state index in [0.29, 0.717) is 0 Å². The Kier molecular flexibility index (Phi) is 11.7. The standard InChI is InChI=1S/C17H22N2.C16H20N2/c1-2-12-19(13-15-6-4-3-5-7-15)14-16-8-10-17(18)11-9-16;1-2-18(12-14-6-4-3-5-7-14)13-15-8-10-16(17)11-9-15/h3-11H,2,12-14,18H2,1H3;3-11H,2,12-13,17H2,1H3. The van der Waals surface area contributed by atoms with Gasteiger partial charge in [0.1, 0.15) is 0 Å². The van der Waals surface area contributed by atoms with Crippen molar-refractivity contribution < 1.29 is 0 Å². The van der Waals surface area contributed by atoms with Crippen LogP contribution in [0.4, 0.5) is 11.4 Å². The largest absolute Gasteiger partial charge is 0.399 e. The van der Waals surface area contributed by atoms with E-state index >= 15 is 0 Å². The van der Waals surface area contributed by atoms with Crippen molar-refractivity contribution in [2.75, 3.05) is 24.6 Å². The molecule has 0 aliphatic heterocycles. The van der Waals surface area contributed by atoms with Crippen LogP contribution in [-0.2, 0) is 26.2 Å². The predicted octanol–water partition coefficient (Wildman–Crippen LogP) is 6.97. The van der Waals surface area contributed by atoms with E-state index in [9.17, 15) is 0 Å². The Hall–Kier alpha value is -3.60. The van der Waals surface area contributed by atoms with Gasteiger partial charge in [0.05, 0.1) is 0 Å². The summed E-state index contributed by atoms with van der Waals surface area (Å²) in [5, 5.41) is 0. The summed E-state index contributed by atoms with van der Waals surface area (Å²) in [6.45, 7) is 10.5. The van der Waals surface area contributed by atoms with E-state index in [0.717, 1.165) is 50.6 Å². The summed E-state index contributed by atoms with van der Waals surface area (Å²) in [6, 6.07) is 37.5. The van der Waals surface area contributed by atoms with E-state index in [2.05, 4.69) is 109 Å². The van der Waals surface area contributed by atoms with Gasteiger partial charge in [-0.15, -0.1) is 0 Å². The first kappa shape index (κ1) is 28.0. The summed E-state index contributed by atoms with van der Waals surface area (Å²) in [7, 11) is 0. The second-order valence-electron chi connectivity index (χ2n) is 9.47. The minimum absolute atomic E-state index is 0.824. The van der Waals surface area contributed by atoms with Gasteiger partial charge in [0, 0.05) is 37.6 Å². The summed E-state index contributed by atoms with van der Waals surface area (Å²) in [6.07, 6.45) is 1.17. The first-order valence-electron chi connectivity index (χ1n) is 13.3. The van der Waals surface area contributed by atoms with Crippen LogP contribution in [0, 0.1) is 0 Å². The Bertz CT molecular complexity index is 1130. The third-order valence-corrected chi connectivity index (χ3v) is 6.26. The molecule has 0 heterocycles. The lowest BCUT2D eigenvalue weighted by Crippen LogP contribution is -2.23. The zero-order valence-electron chi connectivity index (χ0n) is 22.4. The molecule has 4 nitrogen and oxygen atoms in total. The summed E-state index contributed by atoms with van der Waals surface area (Å²) < 4.78 is 0. The molecule has 0 aliphatic rings. The molecule has 4 rings (SSSR count). The monoisotopic (exact) mass is 494 g/mol. The van der Waals surface area contributed by atoms with Gasteiger partial charge in [0.2, 0.25) is 0 Å². The minimum Gasteiger partial charge on any atom is -0.399 e. The summed E-state index contributed by atoms with van der Waals surface area (Å²) in [5.41, 5.74) is 18.4. The van der Waals surface area contributed by atoms with Crippen LogP contribution in [0.1, 0.15) is 42.5 Å². The zero-order chi connectivity index (χ0) is 26.3. The third kappa shape index (κ3) is 10.5. The highest BCUT2D eigenvalue weighted by molar-refractivity contribution is 5.40. The molecule has 0 atom stereocenters. The van der Waals surface area contributed by atoms with Crippen molar-refractivity contribution in [1.29, 1.82) is 0 Å². The van der Waals surface area contributed by atoms with Crippen molar-refractivity contribution >= 4 is 11.4 Å². The number of hydrogen-bond acceptors (Lipinski definition) is 4. The van der Waals surface area contributed by atoms with Crippen LogP contribution < -0.4 is 11.5 Å². The Morgan fingerprint density at radius 2 is 0.811 bits per heavy atom. The number of nitrogen functional groups attached to an aromatic ring is 2. The molecular formula is C33H42N4. The van der Waals surface area contributed by atoms with Crippen LogP contribution in [-0.4, -0.2) is 22.9 Å². The van der Waals surface area contributed by atoms with Crippen molar-refractivity contribution in [1.82, 2.24) is 9.80 Å². The average Bonchev–Trinajstić information content (AvgIpc) is 2.92. The fraction of sp³-hybridized carbons (Fsp3) is 0.273. The molecule has 0 amide bonds. The topological polar surface area (TPSA) is 58.5 Å². The van der Waals surface area contributed by atoms with E-state index in [1.165, 1.54) is 28.7 Å². The molecule has 0 aliphatic carbocycles. The lowest BCUT2D eigenvalue weighted by molar-refractivity contribution is 0.257. The quantitative estimate of drug-likeness (QED) is 0.221. The van der Waals surface area contributed by atoms with Crippen LogP contribution in [0.5, 0.6) is 0 Å². The summed E-state index contributed by atoms with van der Waals surface area (Å²) in [5.74, 6) is 0. The van der Waals surface area contributed by atoms with Crippen LogP contribution in [0.2, 0.25) is 0 Å². The summed E-state index contributed by atoms with van der Waals surface area (Å²) >= 11 is 0. The number of nitrogens with two attached hydrogens (primary N) is 2. The molecule has 4 aromatic rings. The van der Waals surface area contributed by atoms with E-state index in [1.807, 2.05) is 24.3 Å². The average molecular weight is 495 g/mol. The van der Waals surface area contributed by atoms with Crippen molar-refractivity contribution in [3.63, 3.8) is 0 Å². The highest BCUT2D eigenvalue weighted by Crippen LogP contribution is 2.13. The van der Waals surface area contributed by atoms with Crippen LogP contribution in [0.25, 0.3) is 0 Å². The first-order chi connectivity index (χ1) is 18.1. The Labute approximate surface area is 223 Å². The smallest absolute Gasteiger partial charge is 0.0314 e. The number of anilines is 2. The molecule has 0 aromatic heterocycles.